The lowest BCUT2D eigenvalue weighted by Gasteiger charge is -2.64. The highest BCUT2D eigenvalue weighted by atomic mass is 16.7. The van der Waals surface area contributed by atoms with E-state index in [0.717, 1.165) is 24.8 Å². The third kappa shape index (κ3) is 4.37. The first-order chi connectivity index (χ1) is 19.9. The molecule has 0 unspecified atom stereocenters. The molecular formula is C32H45NO9. The van der Waals surface area contributed by atoms with Gasteiger partial charge in [-0.15, -0.1) is 0 Å². The summed E-state index contributed by atoms with van der Waals surface area (Å²) in [6.07, 6.45) is 5.16. The van der Waals surface area contributed by atoms with Crippen LogP contribution in [0.3, 0.4) is 0 Å². The fraction of sp³-hybridized carbons (Fsp3) is 0.844. The summed E-state index contributed by atoms with van der Waals surface area (Å²) in [5.41, 5.74) is -2.59. The standard InChI is InChI=1S/C32H45NO9/c1-18-28(41-19(2)34)25(38-4)14-27(40-18)42-21-5-10-30(17-33)23-6-9-29(3)22(20-13-26(35)39-16-20)8-12-32(29,37)24(23)7-11-31(30,36)15-21/h13,18,21-25,27-28,36-37H,5-12,14-16H2,1-4H3/t18-,21-,22+,23-,24+,25+,27-,28-,29+,30-,31-,32-/m0/s1. The van der Waals surface area contributed by atoms with Crippen molar-refractivity contribution in [2.24, 2.45) is 28.6 Å². The second-order valence-electron chi connectivity index (χ2n) is 14.0. The van der Waals surface area contributed by atoms with Gasteiger partial charge in [-0.1, -0.05) is 6.92 Å². The molecule has 42 heavy (non-hydrogen) atoms. The number of esters is 2. The molecule has 0 bridgehead atoms. The van der Waals surface area contributed by atoms with Crippen LogP contribution in [0.25, 0.3) is 0 Å². The summed E-state index contributed by atoms with van der Waals surface area (Å²) >= 11 is 0. The molecule has 10 nitrogen and oxygen atoms in total. The average molecular weight is 588 g/mol. The minimum Gasteiger partial charge on any atom is -0.458 e. The lowest BCUT2D eigenvalue weighted by atomic mass is 9.41. The van der Waals surface area contributed by atoms with Gasteiger partial charge in [0, 0.05) is 38.4 Å². The van der Waals surface area contributed by atoms with Crippen LogP contribution in [-0.4, -0.2) is 77.8 Å². The van der Waals surface area contributed by atoms with Gasteiger partial charge in [-0.05, 0) is 81.6 Å². The smallest absolute Gasteiger partial charge is 0.331 e. The minimum absolute atomic E-state index is 0.0761. The molecule has 6 rings (SSSR count). The van der Waals surface area contributed by atoms with Crippen molar-refractivity contribution in [1.29, 1.82) is 5.26 Å². The number of fused-ring (bicyclic) bond motifs is 5. The van der Waals surface area contributed by atoms with E-state index in [-0.39, 0.29) is 35.9 Å². The van der Waals surface area contributed by atoms with Gasteiger partial charge in [0.15, 0.2) is 12.4 Å². The zero-order valence-electron chi connectivity index (χ0n) is 25.2. The Balaban J connectivity index is 1.18. The van der Waals surface area contributed by atoms with Crippen molar-refractivity contribution in [3.63, 3.8) is 0 Å². The van der Waals surface area contributed by atoms with Gasteiger partial charge in [0.1, 0.15) is 12.7 Å². The van der Waals surface area contributed by atoms with E-state index in [1.54, 1.807) is 13.2 Å². The van der Waals surface area contributed by atoms with E-state index >= 15 is 0 Å². The number of hydrogen-bond acceptors (Lipinski definition) is 10. The van der Waals surface area contributed by atoms with Crippen molar-refractivity contribution in [3.8, 4) is 6.07 Å². The predicted molar refractivity (Wildman–Crippen MR) is 147 cm³/mol. The maximum absolute atomic E-state index is 12.4. The van der Waals surface area contributed by atoms with Gasteiger partial charge in [0.05, 0.1) is 34.9 Å². The first kappa shape index (κ1) is 30.0. The van der Waals surface area contributed by atoms with Gasteiger partial charge in [0.25, 0.3) is 0 Å². The number of methoxy groups -OCH3 is 1. The van der Waals surface area contributed by atoms with Gasteiger partial charge in [0.2, 0.25) is 0 Å². The van der Waals surface area contributed by atoms with Gasteiger partial charge < -0.3 is 33.9 Å². The lowest BCUT2D eigenvalue weighted by Crippen LogP contribution is -2.68. The third-order valence-electron chi connectivity index (χ3n) is 12.3. The van der Waals surface area contributed by atoms with Crippen molar-refractivity contribution in [1.82, 2.24) is 0 Å². The highest BCUT2D eigenvalue weighted by Gasteiger charge is 2.72. The number of carbonyl (C=O) groups excluding carboxylic acids is 2. The van der Waals surface area contributed by atoms with Gasteiger partial charge in [-0.25, -0.2) is 4.79 Å². The van der Waals surface area contributed by atoms with E-state index in [2.05, 4.69) is 13.0 Å². The Bertz CT molecular complexity index is 1180. The second-order valence-corrected chi connectivity index (χ2v) is 14.0. The predicted octanol–water partition coefficient (Wildman–Crippen LogP) is 3.33. The van der Waals surface area contributed by atoms with Crippen LogP contribution in [0.4, 0.5) is 0 Å². The number of nitriles is 1. The number of hydrogen-bond donors (Lipinski definition) is 2. The van der Waals surface area contributed by atoms with Gasteiger partial charge in [-0.3, -0.25) is 4.79 Å². The van der Waals surface area contributed by atoms with Crippen LogP contribution < -0.4 is 0 Å². The van der Waals surface area contributed by atoms with Crippen molar-refractivity contribution >= 4 is 11.9 Å². The van der Waals surface area contributed by atoms with Crippen LogP contribution in [-0.2, 0) is 33.3 Å². The van der Waals surface area contributed by atoms with Crippen LogP contribution >= 0.6 is 0 Å². The Labute approximate surface area is 247 Å². The molecule has 0 aromatic carbocycles. The Morgan fingerprint density at radius 3 is 2.55 bits per heavy atom. The summed E-state index contributed by atoms with van der Waals surface area (Å²) in [7, 11) is 1.58. The molecule has 1 saturated heterocycles. The molecule has 0 aromatic heterocycles. The Hall–Kier alpha value is -2.03. The third-order valence-corrected chi connectivity index (χ3v) is 12.3. The molecule has 0 radical (unpaired) electrons. The number of rotatable bonds is 5. The lowest BCUT2D eigenvalue weighted by molar-refractivity contribution is -0.288. The summed E-state index contributed by atoms with van der Waals surface area (Å²) in [4.78, 5) is 23.4. The Morgan fingerprint density at radius 1 is 1.12 bits per heavy atom. The van der Waals surface area contributed by atoms with Crippen LogP contribution in [0.1, 0.15) is 85.0 Å². The fourth-order valence-electron chi connectivity index (χ4n) is 10.3. The molecule has 6 aliphatic rings. The second kappa shape index (κ2) is 10.6. The summed E-state index contributed by atoms with van der Waals surface area (Å²) in [5, 5.41) is 35.4. The van der Waals surface area contributed by atoms with Crippen LogP contribution in [0, 0.1) is 39.9 Å². The van der Waals surface area contributed by atoms with Crippen molar-refractivity contribution in [2.75, 3.05) is 13.7 Å². The molecule has 4 aliphatic carbocycles. The zero-order valence-corrected chi connectivity index (χ0v) is 25.2. The SMILES string of the molecule is CO[C@@H]1C[C@H](O[C@H]2CC[C@]3(C#N)[C@H]4CC[C@]5(C)[C@@H](C6=CC(=O)OC6)CC[C@]5(O)[C@@H]4CC[C@]3(O)C2)O[C@@H](C)[C@@H]1OC(C)=O. The highest BCUT2D eigenvalue weighted by molar-refractivity contribution is 5.85. The molecule has 4 saturated carbocycles. The maximum atomic E-state index is 12.4. The van der Waals surface area contributed by atoms with Gasteiger partial charge >= 0.3 is 11.9 Å². The molecule has 10 heteroatoms. The molecule has 0 spiro atoms. The van der Waals surface area contributed by atoms with Crippen molar-refractivity contribution in [3.05, 3.63) is 11.6 Å². The van der Waals surface area contributed by atoms with E-state index in [1.165, 1.54) is 6.92 Å². The Morgan fingerprint density at radius 2 is 1.88 bits per heavy atom. The molecule has 232 valence electrons. The minimum atomic E-state index is -1.23. The summed E-state index contributed by atoms with van der Waals surface area (Å²) < 4.78 is 28.7. The summed E-state index contributed by atoms with van der Waals surface area (Å²) in [6.45, 7) is 5.64. The number of nitrogens with zero attached hydrogens (tertiary/aromatic N) is 1. The average Bonchev–Trinajstić information content (AvgIpc) is 3.48. The molecule has 5 fully saturated rings. The molecule has 12 atom stereocenters. The summed E-state index contributed by atoms with van der Waals surface area (Å²) in [6, 6.07) is 2.62. The number of aliphatic hydroxyl groups is 2. The van der Waals surface area contributed by atoms with Crippen LogP contribution in [0.15, 0.2) is 11.6 Å². The van der Waals surface area contributed by atoms with Gasteiger partial charge in [-0.2, -0.15) is 5.26 Å². The molecule has 2 N–H and O–H groups in total. The molecule has 0 aromatic rings. The molecular weight excluding hydrogens is 542 g/mol. The molecule has 2 aliphatic heterocycles. The first-order valence-corrected chi connectivity index (χ1v) is 15.6. The molecule has 2 heterocycles. The van der Waals surface area contributed by atoms with E-state index in [4.69, 9.17) is 23.7 Å². The Kier molecular flexibility index (Phi) is 7.54. The summed E-state index contributed by atoms with van der Waals surface area (Å²) in [5.74, 6) is -0.844. The van der Waals surface area contributed by atoms with Crippen molar-refractivity contribution in [2.45, 2.75) is 127 Å². The molecule has 0 amide bonds. The van der Waals surface area contributed by atoms with Crippen molar-refractivity contribution < 1.29 is 43.5 Å². The quantitative estimate of drug-likeness (QED) is 0.363. The fourth-order valence-corrected chi connectivity index (χ4v) is 10.3. The van der Waals surface area contributed by atoms with Crippen LogP contribution in [0.5, 0.6) is 0 Å². The first-order valence-electron chi connectivity index (χ1n) is 15.6. The zero-order chi connectivity index (χ0) is 30.1. The van der Waals surface area contributed by atoms with Crippen LogP contribution in [0.2, 0.25) is 0 Å². The van der Waals surface area contributed by atoms with E-state index in [9.17, 15) is 25.1 Å². The highest BCUT2D eigenvalue weighted by Crippen LogP contribution is 2.70. The maximum Gasteiger partial charge on any atom is 0.331 e. The number of cyclic esters (lactones) is 1. The monoisotopic (exact) mass is 587 g/mol. The van der Waals surface area contributed by atoms with E-state index in [0.29, 0.717) is 51.6 Å². The number of ether oxygens (including phenoxy) is 5. The normalized spacial score (nSPS) is 50.0. The number of carbonyl (C=O) groups is 2. The largest absolute Gasteiger partial charge is 0.458 e. The van der Waals surface area contributed by atoms with E-state index in [1.807, 2.05) is 6.92 Å². The topological polar surface area (TPSA) is 145 Å². The van der Waals surface area contributed by atoms with E-state index < -0.39 is 46.5 Å².